The number of aliphatic hydroxyl groups excluding tert-OH is 1. The average molecular weight is 356 g/mol. The van der Waals surface area contributed by atoms with Gasteiger partial charge < -0.3 is 20.1 Å². The molecular weight excluding hydrogens is 338 g/mol. The molecule has 0 saturated heterocycles. The van der Waals surface area contributed by atoms with Crippen LogP contribution in [0.1, 0.15) is 32.6 Å². The summed E-state index contributed by atoms with van der Waals surface area (Å²) in [6.07, 6.45) is -0.594. The maximum atomic E-state index is 11.8. The fraction of sp³-hybridized carbons (Fsp3) is 0.429. The maximum Gasteiger partial charge on any atom is 0.408 e. The van der Waals surface area contributed by atoms with Crippen LogP contribution in [0.5, 0.6) is 0 Å². The number of carbonyl (C=O) groups is 1. The van der Waals surface area contributed by atoms with E-state index in [2.05, 4.69) is 31.2 Å². The third kappa shape index (κ3) is 4.18. The number of H-pyrrole nitrogens is 1. The Labute approximate surface area is 131 Å². The Balaban J connectivity index is 2.17. The number of amides is 1. The quantitative estimate of drug-likeness (QED) is 0.789. The molecule has 1 amide bonds. The topological polar surface area (TPSA) is 87.2 Å². The standard InChI is InChI=1S/C14H18BrN3O3/c1-14(2,3)21-13(20)18-11(7-19)12-16-9-5-4-8(15)6-10(9)17-12/h4-6,11,19H,7H2,1-3H3,(H,16,17)(H,18,20). The number of carbonyl (C=O) groups excluding carboxylic acids is 1. The first-order valence-electron chi connectivity index (χ1n) is 6.54. The van der Waals surface area contributed by atoms with Gasteiger partial charge in [-0.05, 0) is 39.0 Å². The van der Waals surface area contributed by atoms with Crippen molar-refractivity contribution >= 4 is 33.1 Å². The SMILES string of the molecule is CC(C)(C)OC(=O)NC(CO)c1nc2ccc(Br)cc2[nH]1. The van der Waals surface area contributed by atoms with Gasteiger partial charge in [0, 0.05) is 4.47 Å². The first-order chi connectivity index (χ1) is 9.78. The number of ether oxygens (including phenoxy) is 1. The van der Waals surface area contributed by atoms with Crippen LogP contribution in [0.3, 0.4) is 0 Å². The van der Waals surface area contributed by atoms with Crippen molar-refractivity contribution in [3.8, 4) is 0 Å². The molecule has 0 spiro atoms. The van der Waals surface area contributed by atoms with Crippen LogP contribution in [0.15, 0.2) is 22.7 Å². The third-order valence-electron chi connectivity index (χ3n) is 2.67. The number of halogens is 1. The van der Waals surface area contributed by atoms with Crippen LogP contribution in [-0.2, 0) is 4.74 Å². The zero-order valence-corrected chi connectivity index (χ0v) is 13.7. The first kappa shape index (κ1) is 15.8. The van der Waals surface area contributed by atoms with E-state index in [1.54, 1.807) is 20.8 Å². The lowest BCUT2D eigenvalue weighted by Gasteiger charge is -2.22. The average Bonchev–Trinajstić information content (AvgIpc) is 2.76. The molecule has 1 atom stereocenters. The summed E-state index contributed by atoms with van der Waals surface area (Å²) in [6.45, 7) is 5.05. The Bertz CT molecular complexity index is 648. The molecule has 1 heterocycles. The molecule has 0 saturated carbocycles. The first-order valence-corrected chi connectivity index (χ1v) is 7.33. The molecule has 3 N–H and O–H groups in total. The van der Waals surface area contributed by atoms with Crippen molar-refractivity contribution in [3.63, 3.8) is 0 Å². The van der Waals surface area contributed by atoms with Gasteiger partial charge in [0.25, 0.3) is 0 Å². The number of alkyl carbamates (subject to hydrolysis) is 1. The highest BCUT2D eigenvalue weighted by molar-refractivity contribution is 9.10. The summed E-state index contributed by atoms with van der Waals surface area (Å²) in [5.74, 6) is 0.483. The number of imidazole rings is 1. The van der Waals surface area contributed by atoms with Gasteiger partial charge in [-0.1, -0.05) is 15.9 Å². The molecular formula is C14H18BrN3O3. The predicted octanol–water partition coefficient (Wildman–Crippen LogP) is 2.88. The monoisotopic (exact) mass is 355 g/mol. The molecule has 7 heteroatoms. The Morgan fingerprint density at radius 3 is 2.86 bits per heavy atom. The summed E-state index contributed by atoms with van der Waals surface area (Å²) in [4.78, 5) is 19.2. The van der Waals surface area contributed by atoms with Gasteiger partial charge in [0.1, 0.15) is 17.5 Å². The van der Waals surface area contributed by atoms with E-state index in [-0.39, 0.29) is 6.61 Å². The summed E-state index contributed by atoms with van der Waals surface area (Å²) in [5.41, 5.74) is 0.990. The molecule has 0 aliphatic rings. The van der Waals surface area contributed by atoms with Gasteiger partial charge in [0.05, 0.1) is 17.6 Å². The van der Waals surface area contributed by atoms with Crippen LogP contribution in [0, 0.1) is 0 Å². The van der Waals surface area contributed by atoms with Crippen LogP contribution < -0.4 is 5.32 Å². The van der Waals surface area contributed by atoms with E-state index in [1.807, 2.05) is 18.2 Å². The van der Waals surface area contributed by atoms with Crippen LogP contribution in [0.25, 0.3) is 11.0 Å². The minimum atomic E-state index is -0.647. The van der Waals surface area contributed by atoms with Gasteiger partial charge in [-0.15, -0.1) is 0 Å². The van der Waals surface area contributed by atoms with E-state index in [0.29, 0.717) is 5.82 Å². The van der Waals surface area contributed by atoms with E-state index in [4.69, 9.17) is 4.74 Å². The fourth-order valence-electron chi connectivity index (χ4n) is 1.82. The van der Waals surface area contributed by atoms with Crippen molar-refractivity contribution in [2.75, 3.05) is 6.61 Å². The summed E-state index contributed by atoms with van der Waals surface area (Å²) >= 11 is 3.38. The number of benzene rings is 1. The molecule has 21 heavy (non-hydrogen) atoms. The molecule has 0 aliphatic carbocycles. The number of nitrogens with zero attached hydrogens (tertiary/aromatic N) is 1. The minimum Gasteiger partial charge on any atom is -0.444 e. The third-order valence-corrected chi connectivity index (χ3v) is 3.16. The van der Waals surface area contributed by atoms with Gasteiger partial charge in [0.2, 0.25) is 0 Å². The molecule has 114 valence electrons. The fourth-order valence-corrected chi connectivity index (χ4v) is 2.18. The Morgan fingerprint density at radius 2 is 2.24 bits per heavy atom. The summed E-state index contributed by atoms with van der Waals surface area (Å²) in [5, 5.41) is 12.1. The molecule has 0 radical (unpaired) electrons. The van der Waals surface area contributed by atoms with Crippen LogP contribution in [0.4, 0.5) is 4.79 Å². The smallest absolute Gasteiger partial charge is 0.408 e. The van der Waals surface area contributed by atoms with Gasteiger partial charge in [0.15, 0.2) is 0 Å². The molecule has 1 unspecified atom stereocenters. The number of nitrogens with one attached hydrogen (secondary N) is 2. The number of hydrogen-bond donors (Lipinski definition) is 3. The number of rotatable bonds is 3. The Hall–Kier alpha value is -1.60. The molecule has 0 fully saturated rings. The molecule has 0 bridgehead atoms. The number of aromatic nitrogens is 2. The van der Waals surface area contributed by atoms with Crippen molar-refractivity contribution in [2.45, 2.75) is 32.4 Å². The molecule has 0 aliphatic heterocycles. The minimum absolute atomic E-state index is 0.278. The van der Waals surface area contributed by atoms with Crippen LogP contribution in [0.2, 0.25) is 0 Å². The normalized spacial score (nSPS) is 13.2. The molecule has 1 aromatic heterocycles. The maximum absolute atomic E-state index is 11.8. The largest absolute Gasteiger partial charge is 0.444 e. The number of aromatic amines is 1. The van der Waals surface area contributed by atoms with Crippen molar-refractivity contribution in [2.24, 2.45) is 0 Å². The van der Waals surface area contributed by atoms with E-state index in [9.17, 15) is 9.90 Å². The Morgan fingerprint density at radius 1 is 1.52 bits per heavy atom. The van der Waals surface area contributed by atoms with Crippen LogP contribution in [-0.4, -0.2) is 33.4 Å². The molecule has 1 aromatic carbocycles. The zero-order chi connectivity index (χ0) is 15.6. The van der Waals surface area contributed by atoms with E-state index >= 15 is 0 Å². The lowest BCUT2D eigenvalue weighted by Crippen LogP contribution is -2.36. The highest BCUT2D eigenvalue weighted by Crippen LogP contribution is 2.20. The lowest BCUT2D eigenvalue weighted by atomic mass is 10.2. The van der Waals surface area contributed by atoms with Crippen molar-refractivity contribution in [1.29, 1.82) is 0 Å². The summed E-state index contributed by atoms with van der Waals surface area (Å²) in [6, 6.07) is 4.96. The summed E-state index contributed by atoms with van der Waals surface area (Å²) < 4.78 is 6.10. The zero-order valence-electron chi connectivity index (χ0n) is 12.1. The second-order valence-electron chi connectivity index (χ2n) is 5.66. The second-order valence-corrected chi connectivity index (χ2v) is 6.58. The molecule has 2 aromatic rings. The lowest BCUT2D eigenvalue weighted by molar-refractivity contribution is 0.0478. The van der Waals surface area contributed by atoms with Gasteiger partial charge >= 0.3 is 6.09 Å². The van der Waals surface area contributed by atoms with Crippen LogP contribution >= 0.6 is 15.9 Å². The number of aliphatic hydroxyl groups is 1. The summed E-state index contributed by atoms with van der Waals surface area (Å²) in [7, 11) is 0. The number of hydrogen-bond acceptors (Lipinski definition) is 4. The van der Waals surface area contributed by atoms with Crippen molar-refractivity contribution < 1.29 is 14.6 Å². The molecule has 2 rings (SSSR count). The highest BCUT2D eigenvalue weighted by atomic mass is 79.9. The highest BCUT2D eigenvalue weighted by Gasteiger charge is 2.22. The van der Waals surface area contributed by atoms with E-state index in [1.165, 1.54) is 0 Å². The number of fused-ring (bicyclic) bond motifs is 1. The van der Waals surface area contributed by atoms with E-state index < -0.39 is 17.7 Å². The molecule has 6 nitrogen and oxygen atoms in total. The van der Waals surface area contributed by atoms with E-state index in [0.717, 1.165) is 15.5 Å². The van der Waals surface area contributed by atoms with Gasteiger partial charge in [-0.3, -0.25) is 0 Å². The van der Waals surface area contributed by atoms with Crippen molar-refractivity contribution in [1.82, 2.24) is 15.3 Å². The van der Waals surface area contributed by atoms with Gasteiger partial charge in [-0.2, -0.15) is 0 Å². The van der Waals surface area contributed by atoms with Crippen molar-refractivity contribution in [3.05, 3.63) is 28.5 Å². The Kier molecular flexibility index (Phi) is 4.53. The predicted molar refractivity (Wildman–Crippen MR) is 83.0 cm³/mol. The second kappa shape index (κ2) is 6.03. The van der Waals surface area contributed by atoms with Gasteiger partial charge in [-0.25, -0.2) is 9.78 Å².